The first-order chi connectivity index (χ1) is 11.0. The van der Waals surface area contributed by atoms with Gasteiger partial charge in [0, 0.05) is 37.4 Å². The molecule has 0 radical (unpaired) electrons. The van der Waals surface area contributed by atoms with Crippen LogP contribution in [-0.4, -0.2) is 29.9 Å². The number of halogens is 2. The van der Waals surface area contributed by atoms with Crippen molar-refractivity contribution in [1.29, 1.82) is 0 Å². The average molecular weight is 352 g/mol. The first-order valence-electron chi connectivity index (χ1n) is 6.90. The van der Waals surface area contributed by atoms with Crippen LogP contribution in [0.2, 0.25) is 10.0 Å². The molecule has 1 heterocycles. The van der Waals surface area contributed by atoms with Crippen LogP contribution in [0, 0.1) is 0 Å². The minimum Gasteiger partial charge on any atom is -0.350 e. The average Bonchev–Trinajstić information content (AvgIpc) is 2.54. The smallest absolute Gasteiger partial charge is 0.252 e. The number of pyridine rings is 1. The number of hydrogen-bond acceptors (Lipinski definition) is 3. The van der Waals surface area contributed by atoms with Gasteiger partial charge in [0.1, 0.15) is 0 Å². The molecule has 2 aromatic rings. The van der Waals surface area contributed by atoms with Gasteiger partial charge in [-0.2, -0.15) is 0 Å². The number of benzene rings is 1. The van der Waals surface area contributed by atoms with E-state index in [9.17, 15) is 9.59 Å². The first kappa shape index (κ1) is 17.2. The lowest BCUT2D eigenvalue weighted by Crippen LogP contribution is -2.37. The summed E-state index contributed by atoms with van der Waals surface area (Å²) >= 11 is 12.1. The minimum atomic E-state index is -0.251. The summed E-state index contributed by atoms with van der Waals surface area (Å²) in [6.45, 7) is 1.98. The van der Waals surface area contributed by atoms with Gasteiger partial charge in [0.2, 0.25) is 5.91 Å². The summed E-state index contributed by atoms with van der Waals surface area (Å²) < 4.78 is 0. The number of aromatic nitrogens is 1. The highest BCUT2D eigenvalue weighted by Crippen LogP contribution is 2.28. The molecule has 7 heteroatoms. The number of anilines is 1. The molecule has 0 aliphatic heterocycles. The van der Waals surface area contributed by atoms with Crippen molar-refractivity contribution in [3.05, 3.63) is 58.3 Å². The zero-order valence-corrected chi connectivity index (χ0v) is 13.9. The van der Waals surface area contributed by atoms with Crippen LogP contribution < -0.4 is 10.2 Å². The van der Waals surface area contributed by atoms with Crippen LogP contribution in [0.25, 0.3) is 0 Å². The predicted molar refractivity (Wildman–Crippen MR) is 91.1 cm³/mol. The fourth-order valence-corrected chi connectivity index (χ4v) is 2.41. The molecule has 0 fully saturated rings. The van der Waals surface area contributed by atoms with Crippen LogP contribution >= 0.6 is 23.2 Å². The second-order valence-corrected chi connectivity index (χ2v) is 5.61. The van der Waals surface area contributed by atoms with Gasteiger partial charge in [0.25, 0.3) is 5.91 Å². The van der Waals surface area contributed by atoms with E-state index in [-0.39, 0.29) is 24.9 Å². The molecule has 0 saturated heterocycles. The van der Waals surface area contributed by atoms with Crippen molar-refractivity contribution in [3.8, 4) is 0 Å². The lowest BCUT2D eigenvalue weighted by molar-refractivity contribution is -0.116. The Kier molecular flexibility index (Phi) is 5.96. The van der Waals surface area contributed by atoms with Crippen LogP contribution in [0.1, 0.15) is 17.3 Å². The standard InChI is InChI=1S/C16H15Cl2N3O2/c1-11(22)21(15-9-13(17)4-5-14(15)18)8-7-20-16(23)12-3-2-6-19-10-12/h2-6,9-10H,7-8H2,1H3,(H,20,23). The fourth-order valence-electron chi connectivity index (χ4n) is 2.02. The van der Waals surface area contributed by atoms with Gasteiger partial charge in [-0.3, -0.25) is 14.6 Å². The van der Waals surface area contributed by atoms with E-state index in [1.54, 1.807) is 36.5 Å². The maximum Gasteiger partial charge on any atom is 0.252 e. The van der Waals surface area contributed by atoms with Crippen LogP contribution in [0.3, 0.4) is 0 Å². The predicted octanol–water partition coefficient (Wildman–Crippen LogP) is 3.17. The maximum atomic E-state index is 12.0. The Hall–Kier alpha value is -2.11. The molecule has 120 valence electrons. The maximum absolute atomic E-state index is 12.0. The summed E-state index contributed by atoms with van der Waals surface area (Å²) in [5.41, 5.74) is 0.977. The number of hydrogen-bond donors (Lipinski definition) is 1. The Morgan fingerprint density at radius 1 is 1.26 bits per heavy atom. The van der Waals surface area contributed by atoms with E-state index in [1.807, 2.05) is 0 Å². The highest BCUT2D eigenvalue weighted by Gasteiger charge is 2.15. The van der Waals surface area contributed by atoms with Crippen LogP contribution in [0.5, 0.6) is 0 Å². The van der Waals surface area contributed by atoms with Crippen LogP contribution in [-0.2, 0) is 4.79 Å². The van der Waals surface area contributed by atoms with Gasteiger partial charge < -0.3 is 10.2 Å². The molecule has 0 spiro atoms. The quantitative estimate of drug-likeness (QED) is 0.899. The molecule has 0 unspecified atom stereocenters. The van der Waals surface area contributed by atoms with E-state index in [2.05, 4.69) is 10.3 Å². The summed E-state index contributed by atoms with van der Waals surface area (Å²) in [4.78, 5) is 29.2. The lowest BCUT2D eigenvalue weighted by Gasteiger charge is -2.22. The van der Waals surface area contributed by atoms with Crippen molar-refractivity contribution in [1.82, 2.24) is 10.3 Å². The van der Waals surface area contributed by atoms with Gasteiger partial charge in [0.05, 0.1) is 16.3 Å². The summed E-state index contributed by atoms with van der Waals surface area (Å²) in [5, 5.41) is 3.64. The normalized spacial score (nSPS) is 10.2. The first-order valence-corrected chi connectivity index (χ1v) is 7.66. The van der Waals surface area contributed by atoms with Gasteiger partial charge in [-0.25, -0.2) is 0 Å². The Morgan fingerprint density at radius 2 is 2.04 bits per heavy atom. The van der Waals surface area contributed by atoms with E-state index in [0.29, 0.717) is 21.3 Å². The number of amides is 2. The lowest BCUT2D eigenvalue weighted by atomic mass is 10.2. The third kappa shape index (κ3) is 4.68. The highest BCUT2D eigenvalue weighted by atomic mass is 35.5. The summed E-state index contributed by atoms with van der Waals surface area (Å²) in [5.74, 6) is -0.441. The van der Waals surface area contributed by atoms with E-state index >= 15 is 0 Å². The third-order valence-electron chi connectivity index (χ3n) is 3.12. The second-order valence-electron chi connectivity index (χ2n) is 4.76. The number of carbonyl (C=O) groups excluding carboxylic acids is 2. The Labute approximate surface area is 144 Å². The molecular formula is C16H15Cl2N3O2. The molecule has 0 saturated carbocycles. The number of carbonyl (C=O) groups is 2. The molecule has 1 aromatic carbocycles. The molecule has 23 heavy (non-hydrogen) atoms. The van der Waals surface area contributed by atoms with Gasteiger partial charge in [0.15, 0.2) is 0 Å². The highest BCUT2D eigenvalue weighted by molar-refractivity contribution is 6.35. The molecule has 5 nitrogen and oxygen atoms in total. The van der Waals surface area contributed by atoms with Gasteiger partial charge in [-0.1, -0.05) is 23.2 Å². The van der Waals surface area contributed by atoms with E-state index in [0.717, 1.165) is 0 Å². The monoisotopic (exact) mass is 351 g/mol. The molecule has 1 N–H and O–H groups in total. The van der Waals surface area contributed by atoms with Gasteiger partial charge in [-0.05, 0) is 30.3 Å². The van der Waals surface area contributed by atoms with Crippen LogP contribution in [0.4, 0.5) is 5.69 Å². The molecule has 0 aliphatic rings. The zero-order valence-electron chi connectivity index (χ0n) is 12.4. The molecule has 0 aliphatic carbocycles. The van der Waals surface area contributed by atoms with Crippen molar-refractivity contribution >= 4 is 40.7 Å². The Bertz CT molecular complexity index is 708. The third-order valence-corrected chi connectivity index (χ3v) is 3.68. The molecule has 1 aromatic heterocycles. The minimum absolute atomic E-state index is 0.190. The van der Waals surface area contributed by atoms with Crippen molar-refractivity contribution in [2.24, 2.45) is 0 Å². The summed E-state index contributed by atoms with van der Waals surface area (Å²) in [7, 11) is 0. The molecule has 2 rings (SSSR count). The van der Waals surface area contributed by atoms with Crippen LogP contribution in [0.15, 0.2) is 42.7 Å². The van der Waals surface area contributed by atoms with Crippen molar-refractivity contribution in [2.75, 3.05) is 18.0 Å². The van der Waals surface area contributed by atoms with E-state index < -0.39 is 0 Å². The molecule has 0 bridgehead atoms. The number of nitrogens with one attached hydrogen (secondary N) is 1. The van der Waals surface area contributed by atoms with Crippen molar-refractivity contribution in [2.45, 2.75) is 6.92 Å². The topological polar surface area (TPSA) is 62.3 Å². The zero-order chi connectivity index (χ0) is 16.8. The summed E-state index contributed by atoms with van der Waals surface area (Å²) in [6, 6.07) is 8.24. The van der Waals surface area contributed by atoms with E-state index in [1.165, 1.54) is 18.0 Å². The number of nitrogens with zero attached hydrogens (tertiary/aromatic N) is 2. The molecule has 2 amide bonds. The van der Waals surface area contributed by atoms with Gasteiger partial charge in [-0.15, -0.1) is 0 Å². The van der Waals surface area contributed by atoms with E-state index in [4.69, 9.17) is 23.2 Å². The SMILES string of the molecule is CC(=O)N(CCNC(=O)c1cccnc1)c1cc(Cl)ccc1Cl. The Balaban J connectivity index is 2.02. The molecule has 0 atom stereocenters. The summed E-state index contributed by atoms with van der Waals surface area (Å²) in [6.07, 6.45) is 3.07. The molecular weight excluding hydrogens is 337 g/mol. The number of rotatable bonds is 5. The second kappa shape index (κ2) is 7.94. The largest absolute Gasteiger partial charge is 0.350 e. The fraction of sp³-hybridized carbons (Fsp3) is 0.188. The van der Waals surface area contributed by atoms with Crippen molar-refractivity contribution < 1.29 is 9.59 Å². The van der Waals surface area contributed by atoms with Crippen molar-refractivity contribution in [3.63, 3.8) is 0 Å². The van der Waals surface area contributed by atoms with Gasteiger partial charge >= 0.3 is 0 Å². The Morgan fingerprint density at radius 3 is 2.70 bits per heavy atom.